The normalized spacial score (nSPS) is 10.5. The standard InChI is InChI=1S/C16H14ClFO/c1-2-11-6-8-12(9-7-11)10-15(19)13-4-3-5-14(18)16(13)17/h3-9H,2,10H2,1H3. The van der Waals surface area contributed by atoms with Crippen LogP contribution >= 0.6 is 11.6 Å². The first kappa shape index (κ1) is 13.8. The highest BCUT2D eigenvalue weighted by Gasteiger charge is 2.13. The predicted molar refractivity (Wildman–Crippen MR) is 75.3 cm³/mol. The molecule has 1 nitrogen and oxygen atoms in total. The number of halogens is 2. The van der Waals surface area contributed by atoms with Crippen molar-refractivity contribution in [1.29, 1.82) is 0 Å². The van der Waals surface area contributed by atoms with Crippen LogP contribution in [0.15, 0.2) is 42.5 Å². The quantitative estimate of drug-likeness (QED) is 0.753. The second kappa shape index (κ2) is 5.98. The summed E-state index contributed by atoms with van der Waals surface area (Å²) >= 11 is 5.81. The molecule has 0 bridgehead atoms. The topological polar surface area (TPSA) is 17.1 Å². The minimum Gasteiger partial charge on any atom is -0.294 e. The van der Waals surface area contributed by atoms with Crippen LogP contribution in [0.3, 0.4) is 0 Å². The Kier molecular flexibility index (Phi) is 4.33. The number of hydrogen-bond acceptors (Lipinski definition) is 1. The first-order chi connectivity index (χ1) is 9.11. The zero-order chi connectivity index (χ0) is 13.8. The number of rotatable bonds is 4. The van der Waals surface area contributed by atoms with E-state index in [1.165, 1.54) is 17.7 Å². The van der Waals surface area contributed by atoms with Crippen molar-refractivity contribution in [2.45, 2.75) is 19.8 Å². The van der Waals surface area contributed by atoms with Crippen molar-refractivity contribution in [3.05, 3.63) is 70.0 Å². The van der Waals surface area contributed by atoms with Crippen LogP contribution in [0.25, 0.3) is 0 Å². The van der Waals surface area contributed by atoms with Crippen LogP contribution < -0.4 is 0 Å². The molecule has 0 fully saturated rings. The molecule has 2 rings (SSSR count). The van der Waals surface area contributed by atoms with Crippen LogP contribution in [-0.2, 0) is 12.8 Å². The van der Waals surface area contributed by atoms with E-state index in [2.05, 4.69) is 6.92 Å². The van der Waals surface area contributed by atoms with Gasteiger partial charge in [-0.05, 0) is 29.7 Å². The molecule has 0 heterocycles. The van der Waals surface area contributed by atoms with Gasteiger partial charge in [-0.3, -0.25) is 4.79 Å². The summed E-state index contributed by atoms with van der Waals surface area (Å²) in [5.41, 5.74) is 2.36. The third-order valence-corrected chi connectivity index (χ3v) is 3.43. The van der Waals surface area contributed by atoms with E-state index in [9.17, 15) is 9.18 Å². The maximum absolute atomic E-state index is 13.3. The van der Waals surface area contributed by atoms with Crippen molar-refractivity contribution in [3.63, 3.8) is 0 Å². The Labute approximate surface area is 117 Å². The minimum absolute atomic E-state index is 0.0994. The average molecular weight is 277 g/mol. The molecule has 0 atom stereocenters. The van der Waals surface area contributed by atoms with E-state index in [-0.39, 0.29) is 22.8 Å². The highest BCUT2D eigenvalue weighted by atomic mass is 35.5. The Morgan fingerprint density at radius 1 is 1.11 bits per heavy atom. The molecule has 0 aliphatic rings. The van der Waals surface area contributed by atoms with E-state index in [1.807, 2.05) is 24.3 Å². The minimum atomic E-state index is -0.561. The lowest BCUT2D eigenvalue weighted by molar-refractivity contribution is 0.0992. The Balaban J connectivity index is 2.18. The van der Waals surface area contributed by atoms with E-state index in [1.54, 1.807) is 6.07 Å². The van der Waals surface area contributed by atoms with Gasteiger partial charge in [-0.2, -0.15) is 0 Å². The molecule has 0 unspecified atom stereocenters. The lowest BCUT2D eigenvalue weighted by atomic mass is 10.0. The first-order valence-corrected chi connectivity index (χ1v) is 6.54. The fourth-order valence-corrected chi connectivity index (χ4v) is 2.12. The molecule has 0 radical (unpaired) electrons. The molecule has 0 aromatic heterocycles. The van der Waals surface area contributed by atoms with Crippen molar-refractivity contribution in [2.75, 3.05) is 0 Å². The fraction of sp³-hybridized carbons (Fsp3) is 0.188. The van der Waals surface area contributed by atoms with Gasteiger partial charge in [0.1, 0.15) is 5.82 Å². The van der Waals surface area contributed by atoms with Gasteiger partial charge in [-0.15, -0.1) is 0 Å². The van der Waals surface area contributed by atoms with E-state index in [4.69, 9.17) is 11.6 Å². The summed E-state index contributed by atoms with van der Waals surface area (Å²) in [5.74, 6) is -0.734. The van der Waals surface area contributed by atoms with Crippen LogP contribution in [0.4, 0.5) is 4.39 Å². The Morgan fingerprint density at radius 3 is 2.37 bits per heavy atom. The van der Waals surface area contributed by atoms with Gasteiger partial charge in [-0.1, -0.05) is 48.9 Å². The van der Waals surface area contributed by atoms with E-state index in [0.717, 1.165) is 12.0 Å². The van der Waals surface area contributed by atoms with Crippen molar-refractivity contribution in [3.8, 4) is 0 Å². The summed E-state index contributed by atoms with van der Waals surface area (Å²) in [7, 11) is 0. The van der Waals surface area contributed by atoms with Crippen LogP contribution in [-0.4, -0.2) is 5.78 Å². The van der Waals surface area contributed by atoms with Gasteiger partial charge < -0.3 is 0 Å². The third-order valence-electron chi connectivity index (χ3n) is 3.05. The van der Waals surface area contributed by atoms with Crippen LogP contribution in [0.1, 0.15) is 28.4 Å². The number of aryl methyl sites for hydroxylation is 1. The molecule has 0 aliphatic heterocycles. The van der Waals surface area contributed by atoms with Gasteiger partial charge in [0.15, 0.2) is 5.78 Å². The van der Waals surface area contributed by atoms with Gasteiger partial charge in [0.25, 0.3) is 0 Å². The van der Waals surface area contributed by atoms with Gasteiger partial charge in [-0.25, -0.2) is 4.39 Å². The molecule has 2 aromatic rings. The number of carbonyl (C=O) groups is 1. The Hall–Kier alpha value is -1.67. The fourth-order valence-electron chi connectivity index (χ4n) is 1.89. The summed E-state index contributed by atoms with van der Waals surface area (Å²) in [6.45, 7) is 2.08. The van der Waals surface area contributed by atoms with Gasteiger partial charge in [0.2, 0.25) is 0 Å². The average Bonchev–Trinajstić information content (AvgIpc) is 2.42. The second-order valence-electron chi connectivity index (χ2n) is 4.37. The molecule has 0 N–H and O–H groups in total. The molecule has 0 aliphatic carbocycles. The SMILES string of the molecule is CCc1ccc(CC(=O)c2cccc(F)c2Cl)cc1. The highest BCUT2D eigenvalue weighted by Crippen LogP contribution is 2.21. The Morgan fingerprint density at radius 2 is 1.74 bits per heavy atom. The lowest BCUT2D eigenvalue weighted by Crippen LogP contribution is -2.05. The zero-order valence-corrected chi connectivity index (χ0v) is 11.4. The van der Waals surface area contributed by atoms with Crippen LogP contribution in [0.5, 0.6) is 0 Å². The van der Waals surface area contributed by atoms with Gasteiger partial charge in [0, 0.05) is 12.0 Å². The molecule has 0 spiro atoms. The monoisotopic (exact) mass is 276 g/mol. The summed E-state index contributed by atoms with van der Waals surface area (Å²) in [4.78, 5) is 12.1. The van der Waals surface area contributed by atoms with E-state index >= 15 is 0 Å². The summed E-state index contributed by atoms with van der Waals surface area (Å²) < 4.78 is 13.3. The smallest absolute Gasteiger partial charge is 0.168 e. The number of hydrogen-bond donors (Lipinski definition) is 0. The van der Waals surface area contributed by atoms with Crippen molar-refractivity contribution >= 4 is 17.4 Å². The highest BCUT2D eigenvalue weighted by molar-refractivity contribution is 6.34. The molecule has 98 valence electrons. The number of Topliss-reactive ketones (excluding diaryl/α,β-unsaturated/α-hetero) is 1. The van der Waals surface area contributed by atoms with Crippen molar-refractivity contribution in [2.24, 2.45) is 0 Å². The van der Waals surface area contributed by atoms with Gasteiger partial charge in [0.05, 0.1) is 5.02 Å². The van der Waals surface area contributed by atoms with Crippen molar-refractivity contribution < 1.29 is 9.18 Å². The number of ketones is 1. The summed E-state index contributed by atoms with van der Waals surface area (Å²) in [5, 5.41) is -0.0994. The molecule has 3 heteroatoms. The molecular formula is C16H14ClFO. The predicted octanol–water partition coefficient (Wildman–Crippen LogP) is 4.47. The van der Waals surface area contributed by atoms with Crippen LogP contribution in [0.2, 0.25) is 5.02 Å². The maximum atomic E-state index is 13.3. The maximum Gasteiger partial charge on any atom is 0.168 e. The third kappa shape index (κ3) is 3.21. The van der Waals surface area contributed by atoms with Gasteiger partial charge >= 0.3 is 0 Å². The second-order valence-corrected chi connectivity index (χ2v) is 4.75. The molecule has 0 saturated carbocycles. The summed E-state index contributed by atoms with van der Waals surface area (Å²) in [6, 6.07) is 12.1. The zero-order valence-electron chi connectivity index (χ0n) is 10.6. The Bertz CT molecular complexity index is 590. The number of carbonyl (C=O) groups excluding carboxylic acids is 1. The molecule has 2 aromatic carbocycles. The molecule has 0 amide bonds. The largest absolute Gasteiger partial charge is 0.294 e. The first-order valence-electron chi connectivity index (χ1n) is 6.17. The summed E-state index contributed by atoms with van der Waals surface area (Å²) in [6.07, 6.45) is 1.19. The molecule has 19 heavy (non-hydrogen) atoms. The van der Waals surface area contributed by atoms with Crippen molar-refractivity contribution in [1.82, 2.24) is 0 Å². The van der Waals surface area contributed by atoms with E-state index in [0.29, 0.717) is 0 Å². The van der Waals surface area contributed by atoms with E-state index < -0.39 is 5.82 Å². The lowest BCUT2D eigenvalue weighted by Gasteiger charge is -2.05. The number of benzene rings is 2. The molecule has 0 saturated heterocycles. The molecular weight excluding hydrogens is 263 g/mol. The van der Waals surface area contributed by atoms with Crippen LogP contribution in [0, 0.1) is 5.82 Å².